The SMILES string of the molecule is C[C@H](c1ccccc1)c1cccc(C(=O)c2ccccc2)c1. The van der Waals surface area contributed by atoms with Crippen molar-refractivity contribution in [2.75, 3.05) is 0 Å². The smallest absolute Gasteiger partial charge is 0.193 e. The summed E-state index contributed by atoms with van der Waals surface area (Å²) in [5, 5.41) is 0. The van der Waals surface area contributed by atoms with Gasteiger partial charge in [0.2, 0.25) is 0 Å². The van der Waals surface area contributed by atoms with E-state index in [2.05, 4.69) is 25.1 Å². The Morgan fingerprint density at radius 2 is 1.23 bits per heavy atom. The molecule has 0 saturated carbocycles. The second kappa shape index (κ2) is 6.40. The first-order chi connectivity index (χ1) is 10.8. The van der Waals surface area contributed by atoms with Crippen LogP contribution in [0, 0.1) is 0 Å². The zero-order valence-electron chi connectivity index (χ0n) is 12.6. The van der Waals surface area contributed by atoms with Crippen LogP contribution in [0.5, 0.6) is 0 Å². The van der Waals surface area contributed by atoms with E-state index >= 15 is 0 Å². The predicted octanol–water partition coefficient (Wildman–Crippen LogP) is 5.07. The highest BCUT2D eigenvalue weighted by Gasteiger charge is 2.12. The van der Waals surface area contributed by atoms with Gasteiger partial charge in [0, 0.05) is 17.0 Å². The Labute approximate surface area is 131 Å². The van der Waals surface area contributed by atoms with Crippen molar-refractivity contribution in [3.05, 3.63) is 107 Å². The van der Waals surface area contributed by atoms with Crippen LogP contribution < -0.4 is 0 Å². The fourth-order valence-electron chi connectivity index (χ4n) is 2.64. The summed E-state index contributed by atoms with van der Waals surface area (Å²) < 4.78 is 0. The second-order valence-corrected chi connectivity index (χ2v) is 5.45. The lowest BCUT2D eigenvalue weighted by molar-refractivity contribution is 0.103. The van der Waals surface area contributed by atoms with Crippen LogP contribution in [-0.2, 0) is 0 Å². The molecule has 0 bridgehead atoms. The Morgan fingerprint density at radius 3 is 1.91 bits per heavy atom. The van der Waals surface area contributed by atoms with Gasteiger partial charge in [-0.25, -0.2) is 0 Å². The van der Waals surface area contributed by atoms with Crippen molar-refractivity contribution in [2.45, 2.75) is 12.8 Å². The van der Waals surface area contributed by atoms with Crippen LogP contribution in [0.4, 0.5) is 0 Å². The monoisotopic (exact) mass is 286 g/mol. The molecule has 0 saturated heterocycles. The molecule has 0 unspecified atom stereocenters. The molecule has 0 spiro atoms. The van der Waals surface area contributed by atoms with Gasteiger partial charge in [-0.1, -0.05) is 85.8 Å². The van der Waals surface area contributed by atoms with E-state index in [4.69, 9.17) is 0 Å². The number of carbonyl (C=O) groups excluding carboxylic acids is 1. The first-order valence-corrected chi connectivity index (χ1v) is 7.50. The molecule has 3 aromatic carbocycles. The van der Waals surface area contributed by atoms with Crippen molar-refractivity contribution in [3.8, 4) is 0 Å². The maximum absolute atomic E-state index is 12.6. The van der Waals surface area contributed by atoms with Crippen LogP contribution in [-0.4, -0.2) is 5.78 Å². The summed E-state index contributed by atoms with van der Waals surface area (Å²) in [7, 11) is 0. The number of rotatable bonds is 4. The Balaban J connectivity index is 1.92. The molecular weight excluding hydrogens is 268 g/mol. The third-order valence-corrected chi connectivity index (χ3v) is 3.98. The van der Waals surface area contributed by atoms with E-state index in [-0.39, 0.29) is 11.7 Å². The first-order valence-electron chi connectivity index (χ1n) is 7.50. The number of hydrogen-bond donors (Lipinski definition) is 0. The summed E-state index contributed by atoms with van der Waals surface area (Å²) in [5.41, 5.74) is 3.89. The summed E-state index contributed by atoms with van der Waals surface area (Å²) in [6, 6.07) is 27.7. The molecule has 108 valence electrons. The Bertz CT molecular complexity index is 760. The molecule has 0 aliphatic carbocycles. The maximum Gasteiger partial charge on any atom is 0.193 e. The molecule has 0 fully saturated rings. The van der Waals surface area contributed by atoms with E-state index in [0.29, 0.717) is 0 Å². The van der Waals surface area contributed by atoms with Crippen LogP contribution in [0.15, 0.2) is 84.9 Å². The molecule has 22 heavy (non-hydrogen) atoms. The minimum absolute atomic E-state index is 0.0720. The molecular formula is C21H18O. The summed E-state index contributed by atoms with van der Waals surface area (Å²) in [6.45, 7) is 2.17. The zero-order valence-corrected chi connectivity index (χ0v) is 12.6. The highest BCUT2D eigenvalue weighted by molar-refractivity contribution is 6.09. The summed E-state index contributed by atoms with van der Waals surface area (Å²) in [4.78, 5) is 12.6. The third kappa shape index (κ3) is 2.99. The van der Waals surface area contributed by atoms with Gasteiger partial charge in [-0.2, -0.15) is 0 Å². The Hall–Kier alpha value is -2.67. The van der Waals surface area contributed by atoms with Crippen molar-refractivity contribution < 1.29 is 4.79 Å². The van der Waals surface area contributed by atoms with Crippen LogP contribution in [0.3, 0.4) is 0 Å². The van der Waals surface area contributed by atoms with Crippen LogP contribution >= 0.6 is 0 Å². The number of ketones is 1. The third-order valence-electron chi connectivity index (χ3n) is 3.98. The van der Waals surface area contributed by atoms with E-state index in [1.54, 1.807) is 0 Å². The van der Waals surface area contributed by atoms with Gasteiger partial charge < -0.3 is 0 Å². The van der Waals surface area contributed by atoms with Gasteiger partial charge in [-0.15, -0.1) is 0 Å². The summed E-state index contributed by atoms with van der Waals surface area (Å²) in [6.07, 6.45) is 0. The standard InChI is InChI=1S/C21H18O/c1-16(17-9-4-2-5-10-17)19-13-8-14-20(15-19)21(22)18-11-6-3-7-12-18/h2-16H,1H3/t16-/m1/s1. The highest BCUT2D eigenvalue weighted by atomic mass is 16.1. The van der Waals surface area contributed by atoms with E-state index in [9.17, 15) is 4.79 Å². The van der Waals surface area contributed by atoms with Gasteiger partial charge in [0.1, 0.15) is 0 Å². The highest BCUT2D eigenvalue weighted by Crippen LogP contribution is 2.25. The van der Waals surface area contributed by atoms with Crippen LogP contribution in [0.1, 0.15) is 39.9 Å². The zero-order chi connectivity index (χ0) is 15.4. The summed E-state index contributed by atoms with van der Waals surface area (Å²) >= 11 is 0. The minimum atomic E-state index is 0.0720. The Morgan fingerprint density at radius 1 is 0.682 bits per heavy atom. The van der Waals surface area contributed by atoms with Crippen molar-refractivity contribution in [3.63, 3.8) is 0 Å². The Kier molecular flexibility index (Phi) is 4.15. The fraction of sp³-hybridized carbons (Fsp3) is 0.0952. The molecule has 1 atom stereocenters. The van der Waals surface area contributed by atoms with Crippen molar-refractivity contribution >= 4 is 5.78 Å². The van der Waals surface area contributed by atoms with E-state index in [1.165, 1.54) is 5.56 Å². The molecule has 0 aliphatic rings. The molecule has 1 heteroatoms. The summed E-state index contributed by atoms with van der Waals surface area (Å²) in [5.74, 6) is 0.340. The van der Waals surface area contributed by atoms with Gasteiger partial charge in [0.25, 0.3) is 0 Å². The average molecular weight is 286 g/mol. The number of benzene rings is 3. The molecule has 0 aromatic heterocycles. The van der Waals surface area contributed by atoms with Gasteiger partial charge in [-0.05, 0) is 17.2 Å². The molecule has 0 aliphatic heterocycles. The molecule has 3 aromatic rings. The largest absolute Gasteiger partial charge is 0.289 e. The lowest BCUT2D eigenvalue weighted by Gasteiger charge is -2.13. The van der Waals surface area contributed by atoms with Crippen molar-refractivity contribution in [1.82, 2.24) is 0 Å². The molecule has 1 nitrogen and oxygen atoms in total. The van der Waals surface area contributed by atoms with Gasteiger partial charge in [-0.3, -0.25) is 4.79 Å². The maximum atomic E-state index is 12.6. The van der Waals surface area contributed by atoms with Crippen LogP contribution in [0.25, 0.3) is 0 Å². The molecule has 3 rings (SSSR count). The first kappa shape index (κ1) is 14.3. The second-order valence-electron chi connectivity index (χ2n) is 5.45. The molecule has 0 amide bonds. The van der Waals surface area contributed by atoms with E-state index in [0.717, 1.165) is 16.7 Å². The fourth-order valence-corrected chi connectivity index (χ4v) is 2.64. The quantitative estimate of drug-likeness (QED) is 0.612. The average Bonchev–Trinajstić information content (AvgIpc) is 2.62. The lowest BCUT2D eigenvalue weighted by atomic mass is 9.91. The molecule has 0 N–H and O–H groups in total. The van der Waals surface area contributed by atoms with Gasteiger partial charge >= 0.3 is 0 Å². The van der Waals surface area contributed by atoms with Crippen molar-refractivity contribution in [2.24, 2.45) is 0 Å². The van der Waals surface area contributed by atoms with E-state index in [1.807, 2.05) is 66.7 Å². The number of carbonyl (C=O) groups is 1. The van der Waals surface area contributed by atoms with Crippen molar-refractivity contribution in [1.29, 1.82) is 0 Å². The van der Waals surface area contributed by atoms with Crippen LogP contribution in [0.2, 0.25) is 0 Å². The normalized spacial score (nSPS) is 11.9. The predicted molar refractivity (Wildman–Crippen MR) is 90.3 cm³/mol. The molecule has 0 heterocycles. The van der Waals surface area contributed by atoms with E-state index < -0.39 is 0 Å². The van der Waals surface area contributed by atoms with Gasteiger partial charge in [0.15, 0.2) is 5.78 Å². The number of hydrogen-bond acceptors (Lipinski definition) is 1. The lowest BCUT2D eigenvalue weighted by Crippen LogP contribution is -2.03. The minimum Gasteiger partial charge on any atom is -0.289 e. The topological polar surface area (TPSA) is 17.1 Å². The molecule has 0 radical (unpaired) electrons. The van der Waals surface area contributed by atoms with Gasteiger partial charge in [0.05, 0.1) is 0 Å².